The minimum Gasteiger partial charge on any atom is -0.507 e. The molecule has 1 aliphatic rings. The number of halogens is 1. The lowest BCUT2D eigenvalue weighted by Crippen LogP contribution is -2.21. The standard InChI is InChI=1S/C38H30ClN3O5/c1-24-31(38(45)42(40-24)28-13-9-12-27(39)19-28)18-26-23-41(32-15-6-5-14-30(26)32)16-7-8-17-46-29-20-33(43)37-34(44)22-35(47-36(37)21-29)25-10-3-2-4-11-25/h2-6,9-15,18-23,43H,7-8,16-17H2,1H3/b31-18-. The summed E-state index contributed by atoms with van der Waals surface area (Å²) in [6, 6.07) is 29.0. The number of ether oxygens (including phenoxy) is 1. The third-order valence-corrected chi connectivity index (χ3v) is 8.37. The fourth-order valence-corrected chi connectivity index (χ4v) is 6.03. The van der Waals surface area contributed by atoms with Crippen molar-refractivity contribution < 1.29 is 19.1 Å². The second-order valence-corrected chi connectivity index (χ2v) is 11.8. The summed E-state index contributed by atoms with van der Waals surface area (Å²) in [5.41, 5.74) is 4.51. The van der Waals surface area contributed by atoms with Crippen molar-refractivity contribution in [1.82, 2.24) is 4.57 Å². The number of carbonyl (C=O) groups is 1. The molecule has 0 aliphatic carbocycles. The molecular formula is C38H30ClN3O5. The van der Waals surface area contributed by atoms with Crippen LogP contribution in [-0.4, -0.2) is 27.9 Å². The predicted octanol–water partition coefficient (Wildman–Crippen LogP) is 8.44. The molecule has 47 heavy (non-hydrogen) atoms. The summed E-state index contributed by atoms with van der Waals surface area (Å²) in [6.07, 6.45) is 5.54. The van der Waals surface area contributed by atoms with Crippen LogP contribution in [0.15, 0.2) is 123 Å². The fraction of sp³-hybridized carbons (Fsp3) is 0.132. The molecule has 2 aromatic heterocycles. The number of benzene rings is 4. The molecule has 0 radical (unpaired) electrons. The Bertz CT molecular complexity index is 2270. The average Bonchev–Trinajstić information content (AvgIpc) is 3.56. The summed E-state index contributed by atoms with van der Waals surface area (Å²) in [6.45, 7) is 2.98. The second-order valence-electron chi connectivity index (χ2n) is 11.3. The van der Waals surface area contributed by atoms with Crippen LogP contribution in [0, 0.1) is 0 Å². The van der Waals surface area contributed by atoms with E-state index in [4.69, 9.17) is 20.8 Å². The largest absolute Gasteiger partial charge is 0.507 e. The number of nitrogens with zero attached hydrogens (tertiary/aromatic N) is 3. The normalized spacial score (nSPS) is 14.0. The molecule has 1 amide bonds. The number of hydrogen-bond acceptors (Lipinski definition) is 6. The lowest BCUT2D eigenvalue weighted by molar-refractivity contribution is -0.114. The van der Waals surface area contributed by atoms with Crippen molar-refractivity contribution in [2.75, 3.05) is 11.6 Å². The van der Waals surface area contributed by atoms with Crippen LogP contribution in [0.4, 0.5) is 5.69 Å². The molecule has 0 atom stereocenters. The van der Waals surface area contributed by atoms with Gasteiger partial charge in [0.1, 0.15) is 28.2 Å². The third kappa shape index (κ3) is 6.03. The number of phenolic OH excluding ortho intramolecular Hbond substituents is 1. The van der Waals surface area contributed by atoms with Gasteiger partial charge >= 0.3 is 0 Å². The van der Waals surface area contributed by atoms with Crippen molar-refractivity contribution in [1.29, 1.82) is 0 Å². The van der Waals surface area contributed by atoms with E-state index in [9.17, 15) is 14.7 Å². The molecule has 234 valence electrons. The van der Waals surface area contributed by atoms with Crippen LogP contribution in [0.3, 0.4) is 0 Å². The number of aromatic hydroxyl groups is 1. The Morgan fingerprint density at radius 3 is 2.57 bits per heavy atom. The quantitative estimate of drug-likeness (QED) is 0.126. The van der Waals surface area contributed by atoms with Gasteiger partial charge in [-0.1, -0.05) is 66.2 Å². The number of para-hydroxylation sites is 1. The van der Waals surface area contributed by atoms with Crippen molar-refractivity contribution in [3.05, 3.63) is 130 Å². The number of fused-ring (bicyclic) bond motifs is 2. The maximum atomic E-state index is 13.4. The molecule has 0 bridgehead atoms. The Hall–Kier alpha value is -5.60. The molecule has 0 fully saturated rings. The van der Waals surface area contributed by atoms with Gasteiger partial charge in [0, 0.05) is 58.0 Å². The molecule has 0 spiro atoms. The fourth-order valence-electron chi connectivity index (χ4n) is 5.84. The van der Waals surface area contributed by atoms with E-state index in [1.165, 1.54) is 17.1 Å². The first kappa shape index (κ1) is 30.1. The number of rotatable bonds is 9. The molecule has 4 aromatic carbocycles. The maximum Gasteiger partial charge on any atom is 0.280 e. The molecule has 1 N–H and O–H groups in total. The van der Waals surface area contributed by atoms with E-state index < -0.39 is 0 Å². The highest BCUT2D eigenvalue weighted by molar-refractivity contribution is 6.33. The van der Waals surface area contributed by atoms with Crippen LogP contribution in [0.1, 0.15) is 25.3 Å². The van der Waals surface area contributed by atoms with Gasteiger partial charge in [0.2, 0.25) is 0 Å². The topological polar surface area (TPSA) is 97.3 Å². The Morgan fingerprint density at radius 1 is 0.936 bits per heavy atom. The van der Waals surface area contributed by atoms with Crippen LogP contribution >= 0.6 is 11.6 Å². The van der Waals surface area contributed by atoms with Crippen LogP contribution in [0.2, 0.25) is 5.02 Å². The number of phenols is 1. The zero-order valence-corrected chi connectivity index (χ0v) is 26.3. The number of aryl methyl sites for hydroxylation is 1. The molecular weight excluding hydrogens is 614 g/mol. The van der Waals surface area contributed by atoms with E-state index in [1.54, 1.807) is 30.3 Å². The lowest BCUT2D eigenvalue weighted by atomic mass is 10.1. The highest BCUT2D eigenvalue weighted by atomic mass is 35.5. The summed E-state index contributed by atoms with van der Waals surface area (Å²) in [7, 11) is 0. The molecule has 1 aliphatic heterocycles. The van der Waals surface area contributed by atoms with Gasteiger partial charge in [-0.05, 0) is 50.1 Å². The molecule has 7 rings (SSSR count). The van der Waals surface area contributed by atoms with Gasteiger partial charge < -0.3 is 18.8 Å². The summed E-state index contributed by atoms with van der Waals surface area (Å²) in [5, 5.41) is 18.2. The van der Waals surface area contributed by atoms with Crippen LogP contribution in [-0.2, 0) is 11.3 Å². The van der Waals surface area contributed by atoms with Crippen LogP contribution in [0.25, 0.3) is 39.3 Å². The number of amides is 1. The molecule has 0 unspecified atom stereocenters. The number of hydrogen-bond donors (Lipinski definition) is 1. The zero-order valence-electron chi connectivity index (χ0n) is 25.5. The van der Waals surface area contributed by atoms with E-state index in [0.29, 0.717) is 40.1 Å². The van der Waals surface area contributed by atoms with Crippen molar-refractivity contribution in [3.63, 3.8) is 0 Å². The third-order valence-electron chi connectivity index (χ3n) is 8.14. The van der Waals surface area contributed by atoms with Gasteiger partial charge in [-0.25, -0.2) is 0 Å². The average molecular weight is 644 g/mol. The minimum atomic E-state index is -0.318. The van der Waals surface area contributed by atoms with Crippen LogP contribution < -0.4 is 15.2 Å². The van der Waals surface area contributed by atoms with Crippen molar-refractivity contribution in [3.8, 4) is 22.8 Å². The number of unbranched alkanes of at least 4 members (excludes halogenated alkanes) is 1. The van der Waals surface area contributed by atoms with Gasteiger partial charge in [0.25, 0.3) is 5.91 Å². The van der Waals surface area contributed by atoms with E-state index in [0.717, 1.165) is 41.4 Å². The van der Waals surface area contributed by atoms with E-state index >= 15 is 0 Å². The second kappa shape index (κ2) is 12.7. The summed E-state index contributed by atoms with van der Waals surface area (Å²) >= 11 is 6.16. The smallest absolute Gasteiger partial charge is 0.280 e. The van der Waals surface area contributed by atoms with Gasteiger partial charge in [-0.2, -0.15) is 10.1 Å². The SMILES string of the molecule is CC1=NN(c2cccc(Cl)c2)C(=O)/C1=C\c1cn(CCCCOc2cc(O)c3c(=O)cc(-c4ccccc4)oc3c2)c2ccccc12. The van der Waals surface area contributed by atoms with Gasteiger partial charge in [-0.3, -0.25) is 9.59 Å². The number of hydrazone groups is 1. The first-order chi connectivity index (χ1) is 22.9. The Labute approximate surface area is 275 Å². The minimum absolute atomic E-state index is 0.125. The van der Waals surface area contributed by atoms with Gasteiger partial charge in [-0.15, -0.1) is 0 Å². The van der Waals surface area contributed by atoms with Crippen molar-refractivity contribution >= 4 is 56.9 Å². The van der Waals surface area contributed by atoms with E-state index in [-0.39, 0.29) is 28.1 Å². The van der Waals surface area contributed by atoms with E-state index in [2.05, 4.69) is 28.0 Å². The Kier molecular flexibility index (Phi) is 8.10. The molecule has 3 heterocycles. The summed E-state index contributed by atoms with van der Waals surface area (Å²) < 4.78 is 14.1. The van der Waals surface area contributed by atoms with Crippen molar-refractivity contribution in [2.24, 2.45) is 5.10 Å². The first-order valence-electron chi connectivity index (χ1n) is 15.3. The number of carbonyl (C=O) groups excluding carboxylic acids is 1. The monoisotopic (exact) mass is 643 g/mol. The zero-order chi connectivity index (χ0) is 32.5. The summed E-state index contributed by atoms with van der Waals surface area (Å²) in [5.74, 6) is 0.470. The van der Waals surface area contributed by atoms with Gasteiger partial charge in [0.15, 0.2) is 5.43 Å². The van der Waals surface area contributed by atoms with Crippen molar-refractivity contribution in [2.45, 2.75) is 26.3 Å². The predicted molar refractivity (Wildman–Crippen MR) is 186 cm³/mol. The molecule has 0 saturated carbocycles. The molecule has 0 saturated heterocycles. The Morgan fingerprint density at radius 2 is 1.74 bits per heavy atom. The molecule has 9 heteroatoms. The molecule has 8 nitrogen and oxygen atoms in total. The summed E-state index contributed by atoms with van der Waals surface area (Å²) in [4.78, 5) is 26.1. The number of aromatic nitrogens is 1. The highest BCUT2D eigenvalue weighted by Crippen LogP contribution is 2.32. The lowest BCUT2D eigenvalue weighted by Gasteiger charge is -2.11. The first-order valence-corrected chi connectivity index (χ1v) is 15.7. The number of anilines is 1. The highest BCUT2D eigenvalue weighted by Gasteiger charge is 2.29. The van der Waals surface area contributed by atoms with Crippen LogP contribution in [0.5, 0.6) is 11.5 Å². The van der Waals surface area contributed by atoms with E-state index in [1.807, 2.05) is 55.5 Å². The maximum absolute atomic E-state index is 13.4. The molecule has 6 aromatic rings. The Balaban J connectivity index is 1.04. The van der Waals surface area contributed by atoms with Gasteiger partial charge in [0.05, 0.1) is 23.6 Å².